The molecule has 0 aliphatic rings. The lowest BCUT2D eigenvalue weighted by Crippen LogP contribution is -2.27. The van der Waals surface area contributed by atoms with E-state index in [-0.39, 0.29) is 16.5 Å². The largest absolute Gasteiger partial charge is 0.269 e. The maximum atomic E-state index is 10.8. The molecule has 0 saturated carbocycles. The van der Waals surface area contributed by atoms with Crippen LogP contribution in [0.1, 0.15) is 11.5 Å². The van der Waals surface area contributed by atoms with Gasteiger partial charge in [-0.25, -0.2) is 0 Å². The molecule has 0 saturated heterocycles. The summed E-state index contributed by atoms with van der Waals surface area (Å²) in [6.07, 6.45) is 5.66. The molecule has 0 spiro atoms. The Morgan fingerprint density at radius 3 is 2.29 bits per heavy atom. The highest BCUT2D eigenvalue weighted by Crippen LogP contribution is 2.32. The lowest BCUT2D eigenvalue weighted by atomic mass is 9.97. The first-order chi connectivity index (χ1) is 9.81. The lowest BCUT2D eigenvalue weighted by Gasteiger charge is -2.25. The van der Waals surface area contributed by atoms with Crippen molar-refractivity contribution in [3.05, 3.63) is 82.3 Å². The van der Waals surface area contributed by atoms with Crippen molar-refractivity contribution in [3.8, 4) is 0 Å². The van der Waals surface area contributed by atoms with Gasteiger partial charge in [0, 0.05) is 18.1 Å². The number of hydrogen-bond acceptors (Lipinski definition) is 2. The SMILES string of the molecule is C=C=C([C@H](/C=C/C=C)c1ccc([N+](=O)[O-])cc1)[Si](C)(C)C. The average molecular weight is 299 g/mol. The van der Waals surface area contributed by atoms with Crippen LogP contribution in [0.2, 0.25) is 19.6 Å². The van der Waals surface area contributed by atoms with E-state index in [2.05, 4.69) is 38.5 Å². The molecule has 0 radical (unpaired) electrons. The zero-order valence-corrected chi connectivity index (χ0v) is 13.8. The highest BCUT2D eigenvalue weighted by atomic mass is 28.3. The first-order valence-corrected chi connectivity index (χ1v) is 10.2. The Morgan fingerprint density at radius 1 is 1.33 bits per heavy atom. The zero-order valence-electron chi connectivity index (χ0n) is 12.8. The predicted molar refractivity (Wildman–Crippen MR) is 91.2 cm³/mol. The minimum Gasteiger partial charge on any atom is -0.258 e. The van der Waals surface area contributed by atoms with Crippen molar-refractivity contribution in [1.82, 2.24) is 0 Å². The molecule has 0 aromatic heterocycles. The van der Waals surface area contributed by atoms with Gasteiger partial charge >= 0.3 is 0 Å². The third-order valence-corrected chi connectivity index (χ3v) is 5.32. The predicted octanol–water partition coefficient (Wildman–Crippen LogP) is 5.01. The van der Waals surface area contributed by atoms with Crippen LogP contribution in [0.25, 0.3) is 0 Å². The van der Waals surface area contributed by atoms with Crippen LogP contribution in [0.3, 0.4) is 0 Å². The highest BCUT2D eigenvalue weighted by molar-refractivity contribution is 6.83. The molecule has 1 rings (SSSR count). The Hall–Kier alpha value is -2.16. The average Bonchev–Trinajstić information content (AvgIpc) is 2.42. The van der Waals surface area contributed by atoms with Gasteiger partial charge in [0.1, 0.15) is 0 Å². The number of rotatable bonds is 6. The van der Waals surface area contributed by atoms with Crippen LogP contribution in [-0.2, 0) is 0 Å². The number of hydrogen-bond donors (Lipinski definition) is 0. The fourth-order valence-electron chi connectivity index (χ4n) is 2.21. The number of nitrogens with zero attached hydrogens (tertiary/aromatic N) is 1. The first kappa shape index (κ1) is 16.9. The van der Waals surface area contributed by atoms with Crippen LogP contribution in [0.15, 0.2) is 66.6 Å². The number of benzene rings is 1. The Bertz CT molecular complexity index is 603. The second kappa shape index (κ2) is 7.02. The molecule has 0 fully saturated rings. The lowest BCUT2D eigenvalue weighted by molar-refractivity contribution is -0.384. The van der Waals surface area contributed by atoms with E-state index in [4.69, 9.17) is 0 Å². The monoisotopic (exact) mass is 299 g/mol. The van der Waals surface area contributed by atoms with E-state index < -0.39 is 8.07 Å². The van der Waals surface area contributed by atoms with Crippen LogP contribution in [-0.4, -0.2) is 13.0 Å². The van der Waals surface area contributed by atoms with Crippen molar-refractivity contribution < 1.29 is 4.92 Å². The van der Waals surface area contributed by atoms with Crippen LogP contribution >= 0.6 is 0 Å². The summed E-state index contributed by atoms with van der Waals surface area (Å²) in [6, 6.07) is 6.67. The van der Waals surface area contributed by atoms with Gasteiger partial charge in [0.15, 0.2) is 0 Å². The van der Waals surface area contributed by atoms with Gasteiger partial charge in [0.2, 0.25) is 0 Å². The maximum Gasteiger partial charge on any atom is 0.269 e. The molecule has 0 amide bonds. The summed E-state index contributed by atoms with van der Waals surface area (Å²) in [5.74, 6) is 0.0352. The first-order valence-electron chi connectivity index (χ1n) is 6.75. The fourth-order valence-corrected chi connectivity index (χ4v) is 3.93. The standard InChI is InChI=1S/C17H21NO2Si/c1-6-8-9-16(17(7-2)21(3,4)5)14-10-12-15(13-11-14)18(19)20/h6,8-13,16H,1-2H2,3-5H3/b9-8+/t16-/m1/s1. The minimum atomic E-state index is -1.59. The Balaban J connectivity index is 3.32. The van der Waals surface area contributed by atoms with Crippen molar-refractivity contribution in [1.29, 1.82) is 0 Å². The van der Waals surface area contributed by atoms with E-state index in [9.17, 15) is 10.1 Å². The topological polar surface area (TPSA) is 43.1 Å². The fraction of sp³-hybridized carbons (Fsp3) is 0.235. The molecular weight excluding hydrogens is 278 g/mol. The summed E-state index contributed by atoms with van der Waals surface area (Å²) >= 11 is 0. The number of non-ortho nitro benzene ring substituents is 1. The van der Waals surface area contributed by atoms with Crippen molar-refractivity contribution >= 4 is 13.8 Å². The molecular formula is C17H21NO2Si. The molecule has 4 heteroatoms. The number of allylic oxidation sites excluding steroid dienone is 4. The second-order valence-electron chi connectivity index (χ2n) is 5.79. The molecule has 0 aliphatic carbocycles. The molecule has 3 nitrogen and oxygen atoms in total. The Labute approximate surface area is 127 Å². The van der Waals surface area contributed by atoms with E-state index in [0.717, 1.165) is 5.56 Å². The molecule has 1 aromatic carbocycles. The highest BCUT2D eigenvalue weighted by Gasteiger charge is 2.26. The molecule has 1 aromatic rings. The van der Waals surface area contributed by atoms with Gasteiger partial charge in [0.05, 0.1) is 13.0 Å². The van der Waals surface area contributed by atoms with Gasteiger partial charge < -0.3 is 0 Å². The summed E-state index contributed by atoms with van der Waals surface area (Å²) in [5.41, 5.74) is 4.20. The van der Waals surface area contributed by atoms with Crippen molar-refractivity contribution in [3.63, 3.8) is 0 Å². The third-order valence-electron chi connectivity index (χ3n) is 3.21. The van der Waals surface area contributed by atoms with Gasteiger partial charge in [-0.15, -0.1) is 5.73 Å². The minimum absolute atomic E-state index is 0.0352. The van der Waals surface area contributed by atoms with E-state index in [1.807, 2.05) is 12.2 Å². The van der Waals surface area contributed by atoms with Crippen molar-refractivity contribution in [2.45, 2.75) is 25.6 Å². The summed E-state index contributed by atoms with van der Waals surface area (Å²) in [4.78, 5) is 10.4. The van der Waals surface area contributed by atoms with E-state index in [1.165, 1.54) is 17.3 Å². The summed E-state index contributed by atoms with van der Waals surface area (Å²) < 4.78 is 0. The maximum absolute atomic E-state index is 10.8. The molecule has 1 atom stereocenters. The van der Waals surface area contributed by atoms with Crippen molar-refractivity contribution in [2.75, 3.05) is 0 Å². The van der Waals surface area contributed by atoms with Gasteiger partial charge in [0.25, 0.3) is 5.69 Å². The molecule has 110 valence electrons. The molecule has 0 N–H and O–H groups in total. The number of nitro groups is 1. The van der Waals surface area contributed by atoms with E-state index in [0.29, 0.717) is 0 Å². The van der Waals surface area contributed by atoms with Gasteiger partial charge in [-0.3, -0.25) is 10.1 Å². The molecule has 0 heterocycles. The third kappa shape index (κ3) is 4.41. The Morgan fingerprint density at radius 2 is 1.90 bits per heavy atom. The summed E-state index contributed by atoms with van der Waals surface area (Å²) in [6.45, 7) is 14.2. The van der Waals surface area contributed by atoms with Crippen LogP contribution in [0, 0.1) is 10.1 Å². The van der Waals surface area contributed by atoms with E-state index in [1.54, 1.807) is 18.2 Å². The van der Waals surface area contributed by atoms with Gasteiger partial charge in [-0.1, -0.05) is 63.2 Å². The zero-order chi connectivity index (χ0) is 16.0. The van der Waals surface area contributed by atoms with Crippen LogP contribution in [0.4, 0.5) is 5.69 Å². The summed E-state index contributed by atoms with van der Waals surface area (Å²) in [7, 11) is -1.59. The molecule has 0 bridgehead atoms. The Kier molecular flexibility index (Phi) is 5.65. The van der Waals surface area contributed by atoms with E-state index >= 15 is 0 Å². The summed E-state index contributed by atoms with van der Waals surface area (Å²) in [5, 5.41) is 11.9. The van der Waals surface area contributed by atoms with Gasteiger partial charge in [-0.2, -0.15) is 0 Å². The number of nitro benzene ring substituents is 1. The normalized spacial score (nSPS) is 12.7. The quantitative estimate of drug-likeness (QED) is 0.244. The smallest absolute Gasteiger partial charge is 0.258 e. The molecule has 0 unspecified atom stereocenters. The van der Waals surface area contributed by atoms with Crippen LogP contribution in [0.5, 0.6) is 0 Å². The van der Waals surface area contributed by atoms with Gasteiger partial charge in [-0.05, 0) is 10.8 Å². The van der Waals surface area contributed by atoms with Crippen molar-refractivity contribution in [2.24, 2.45) is 0 Å². The molecule has 21 heavy (non-hydrogen) atoms. The van der Waals surface area contributed by atoms with Crippen LogP contribution < -0.4 is 0 Å². The second-order valence-corrected chi connectivity index (χ2v) is 10.8. The molecule has 0 aliphatic heterocycles.